The van der Waals surface area contributed by atoms with E-state index in [9.17, 15) is 0 Å². The van der Waals surface area contributed by atoms with Crippen molar-refractivity contribution in [2.24, 2.45) is 5.73 Å². The van der Waals surface area contributed by atoms with E-state index >= 15 is 0 Å². The molecule has 1 atom stereocenters. The van der Waals surface area contributed by atoms with E-state index < -0.39 is 0 Å². The van der Waals surface area contributed by atoms with Gasteiger partial charge in [-0.25, -0.2) is 4.98 Å². The topological polar surface area (TPSA) is 50.3 Å². The first-order valence-electron chi connectivity index (χ1n) is 7.38. The summed E-state index contributed by atoms with van der Waals surface area (Å²) in [5.41, 5.74) is 5.82. The molecule has 1 aliphatic rings. The first-order valence-corrected chi connectivity index (χ1v) is 7.38. The zero-order valence-electron chi connectivity index (χ0n) is 12.3. The molecule has 0 aromatic carbocycles. The maximum atomic E-state index is 5.82. The molecule has 5 heteroatoms. The fourth-order valence-electron chi connectivity index (χ4n) is 2.82. The Morgan fingerprint density at radius 3 is 2.53 bits per heavy atom. The van der Waals surface area contributed by atoms with E-state index in [0.29, 0.717) is 6.04 Å². The molecule has 108 valence electrons. The van der Waals surface area contributed by atoms with Crippen LogP contribution < -0.4 is 5.73 Å². The predicted molar refractivity (Wildman–Crippen MR) is 78.1 cm³/mol. The van der Waals surface area contributed by atoms with E-state index in [1.807, 2.05) is 6.20 Å². The molecule has 1 aliphatic heterocycles. The fraction of sp³-hybridized carbons (Fsp3) is 0.786. The SMILES string of the molecule is CCC(CN)N1CCN(CCn2ccnc2C)CC1. The summed E-state index contributed by atoms with van der Waals surface area (Å²) >= 11 is 0. The van der Waals surface area contributed by atoms with Gasteiger partial charge >= 0.3 is 0 Å². The summed E-state index contributed by atoms with van der Waals surface area (Å²) < 4.78 is 2.22. The van der Waals surface area contributed by atoms with Crippen LogP contribution in [0.4, 0.5) is 0 Å². The van der Waals surface area contributed by atoms with Gasteiger partial charge < -0.3 is 10.3 Å². The van der Waals surface area contributed by atoms with Crippen molar-refractivity contribution in [3.63, 3.8) is 0 Å². The summed E-state index contributed by atoms with van der Waals surface area (Å²) in [5, 5.41) is 0. The van der Waals surface area contributed by atoms with Gasteiger partial charge in [0, 0.05) is 64.2 Å². The van der Waals surface area contributed by atoms with E-state index in [-0.39, 0.29) is 0 Å². The lowest BCUT2D eigenvalue weighted by Crippen LogP contribution is -2.52. The maximum absolute atomic E-state index is 5.82. The fourth-order valence-corrected chi connectivity index (χ4v) is 2.82. The molecule has 0 aliphatic carbocycles. The van der Waals surface area contributed by atoms with Gasteiger partial charge in [-0.05, 0) is 13.3 Å². The van der Waals surface area contributed by atoms with Crippen LogP contribution in [0.25, 0.3) is 0 Å². The van der Waals surface area contributed by atoms with Crippen molar-refractivity contribution in [2.45, 2.75) is 32.9 Å². The van der Waals surface area contributed by atoms with Gasteiger partial charge in [-0.3, -0.25) is 9.80 Å². The summed E-state index contributed by atoms with van der Waals surface area (Å²) in [4.78, 5) is 9.34. The highest BCUT2D eigenvalue weighted by Gasteiger charge is 2.21. The largest absolute Gasteiger partial charge is 0.334 e. The van der Waals surface area contributed by atoms with Crippen molar-refractivity contribution in [3.05, 3.63) is 18.2 Å². The molecule has 5 nitrogen and oxygen atoms in total. The molecule has 1 aromatic rings. The van der Waals surface area contributed by atoms with Crippen molar-refractivity contribution in [1.82, 2.24) is 19.4 Å². The highest BCUT2D eigenvalue weighted by atomic mass is 15.3. The van der Waals surface area contributed by atoms with Crippen LogP contribution in [0, 0.1) is 6.92 Å². The van der Waals surface area contributed by atoms with Gasteiger partial charge in [0.2, 0.25) is 0 Å². The Morgan fingerprint density at radius 1 is 1.26 bits per heavy atom. The third-order valence-corrected chi connectivity index (χ3v) is 4.25. The number of rotatable bonds is 6. The second-order valence-electron chi connectivity index (χ2n) is 5.34. The number of aryl methyl sites for hydroxylation is 1. The molecule has 0 spiro atoms. The van der Waals surface area contributed by atoms with Crippen molar-refractivity contribution in [3.8, 4) is 0 Å². The number of nitrogens with two attached hydrogens (primary N) is 1. The molecule has 0 radical (unpaired) electrons. The lowest BCUT2D eigenvalue weighted by atomic mass is 10.1. The number of hydrogen-bond donors (Lipinski definition) is 1. The van der Waals surface area contributed by atoms with Crippen molar-refractivity contribution < 1.29 is 0 Å². The highest BCUT2D eigenvalue weighted by molar-refractivity contribution is 4.88. The van der Waals surface area contributed by atoms with Gasteiger partial charge in [-0.2, -0.15) is 0 Å². The minimum atomic E-state index is 0.568. The molecule has 2 N–H and O–H groups in total. The van der Waals surface area contributed by atoms with Crippen LogP contribution in [-0.4, -0.2) is 64.7 Å². The Hall–Kier alpha value is -0.910. The molecule has 0 saturated carbocycles. The third kappa shape index (κ3) is 3.78. The Labute approximate surface area is 116 Å². The maximum Gasteiger partial charge on any atom is 0.105 e. The highest BCUT2D eigenvalue weighted by Crippen LogP contribution is 2.08. The van der Waals surface area contributed by atoms with Gasteiger partial charge in [0.05, 0.1) is 0 Å². The van der Waals surface area contributed by atoms with Gasteiger partial charge in [0.1, 0.15) is 5.82 Å². The standard InChI is InChI=1S/C14H27N5/c1-3-14(12-15)19-10-7-17(8-11-19)6-9-18-5-4-16-13(18)2/h4-5,14H,3,6-12,15H2,1-2H3. The van der Waals surface area contributed by atoms with E-state index in [0.717, 1.165) is 58.1 Å². The van der Waals surface area contributed by atoms with Crippen LogP contribution in [-0.2, 0) is 6.54 Å². The van der Waals surface area contributed by atoms with Crippen LogP contribution in [0.15, 0.2) is 12.4 Å². The van der Waals surface area contributed by atoms with Crippen molar-refractivity contribution in [1.29, 1.82) is 0 Å². The zero-order chi connectivity index (χ0) is 13.7. The molecular weight excluding hydrogens is 238 g/mol. The predicted octanol–water partition coefficient (Wildman–Crippen LogP) is 0.546. The molecule has 0 bridgehead atoms. The average Bonchev–Trinajstić information content (AvgIpc) is 2.85. The van der Waals surface area contributed by atoms with Crippen LogP contribution in [0.5, 0.6) is 0 Å². The Bertz CT molecular complexity index is 364. The quantitative estimate of drug-likeness (QED) is 0.816. The lowest BCUT2D eigenvalue weighted by Gasteiger charge is -2.38. The number of hydrogen-bond acceptors (Lipinski definition) is 4. The monoisotopic (exact) mass is 265 g/mol. The third-order valence-electron chi connectivity index (χ3n) is 4.25. The second kappa shape index (κ2) is 7.03. The van der Waals surface area contributed by atoms with E-state index in [2.05, 4.69) is 39.4 Å². The summed E-state index contributed by atoms with van der Waals surface area (Å²) in [6.07, 6.45) is 5.10. The number of imidazole rings is 1. The smallest absolute Gasteiger partial charge is 0.105 e. The minimum Gasteiger partial charge on any atom is -0.334 e. The van der Waals surface area contributed by atoms with E-state index in [1.54, 1.807) is 0 Å². The summed E-state index contributed by atoms with van der Waals surface area (Å²) in [6.45, 7) is 11.8. The number of nitrogens with zero attached hydrogens (tertiary/aromatic N) is 4. The normalized spacial score (nSPS) is 19.7. The van der Waals surface area contributed by atoms with Crippen LogP contribution in [0.3, 0.4) is 0 Å². The Morgan fingerprint density at radius 2 is 2.00 bits per heavy atom. The van der Waals surface area contributed by atoms with Crippen LogP contribution in [0.1, 0.15) is 19.2 Å². The molecule has 0 amide bonds. The van der Waals surface area contributed by atoms with Gasteiger partial charge in [-0.1, -0.05) is 6.92 Å². The molecule has 1 aromatic heterocycles. The molecule has 1 fully saturated rings. The van der Waals surface area contributed by atoms with Crippen molar-refractivity contribution >= 4 is 0 Å². The Kier molecular flexibility index (Phi) is 5.36. The van der Waals surface area contributed by atoms with Crippen LogP contribution >= 0.6 is 0 Å². The summed E-state index contributed by atoms with van der Waals surface area (Å²) in [5.74, 6) is 1.10. The minimum absolute atomic E-state index is 0.568. The summed E-state index contributed by atoms with van der Waals surface area (Å²) in [6, 6.07) is 0.568. The molecule has 1 saturated heterocycles. The first-order chi connectivity index (χ1) is 9.24. The number of aromatic nitrogens is 2. The average molecular weight is 265 g/mol. The zero-order valence-corrected chi connectivity index (χ0v) is 12.3. The molecule has 2 heterocycles. The Balaban J connectivity index is 1.73. The molecule has 19 heavy (non-hydrogen) atoms. The number of piperazine rings is 1. The van der Waals surface area contributed by atoms with Gasteiger partial charge in [-0.15, -0.1) is 0 Å². The molecular formula is C14H27N5. The lowest BCUT2D eigenvalue weighted by molar-refractivity contribution is 0.0945. The van der Waals surface area contributed by atoms with Gasteiger partial charge in [0.25, 0.3) is 0 Å². The van der Waals surface area contributed by atoms with Gasteiger partial charge in [0.15, 0.2) is 0 Å². The summed E-state index contributed by atoms with van der Waals surface area (Å²) in [7, 11) is 0. The van der Waals surface area contributed by atoms with E-state index in [1.165, 1.54) is 0 Å². The van der Waals surface area contributed by atoms with Crippen LogP contribution in [0.2, 0.25) is 0 Å². The second-order valence-corrected chi connectivity index (χ2v) is 5.34. The first kappa shape index (κ1) is 14.5. The van der Waals surface area contributed by atoms with E-state index in [4.69, 9.17) is 5.73 Å². The van der Waals surface area contributed by atoms with Crippen molar-refractivity contribution in [2.75, 3.05) is 39.3 Å². The molecule has 2 rings (SSSR count). The molecule has 1 unspecified atom stereocenters.